The van der Waals surface area contributed by atoms with Crippen molar-refractivity contribution in [3.63, 3.8) is 0 Å². The van der Waals surface area contributed by atoms with Crippen LogP contribution < -0.4 is 10.1 Å². The fourth-order valence-electron chi connectivity index (χ4n) is 1.93. The van der Waals surface area contributed by atoms with Gasteiger partial charge in [0.15, 0.2) is 0 Å². The lowest BCUT2D eigenvalue weighted by Crippen LogP contribution is -2.12. The molecule has 1 fully saturated rings. The molecular formula is C12H17NO. The van der Waals surface area contributed by atoms with E-state index in [9.17, 15) is 0 Å². The maximum atomic E-state index is 5.40. The van der Waals surface area contributed by atoms with Gasteiger partial charge in [-0.3, -0.25) is 0 Å². The van der Waals surface area contributed by atoms with Gasteiger partial charge in [0.25, 0.3) is 0 Å². The van der Waals surface area contributed by atoms with E-state index in [1.807, 2.05) is 6.92 Å². The van der Waals surface area contributed by atoms with E-state index in [0.29, 0.717) is 6.04 Å². The lowest BCUT2D eigenvalue weighted by Gasteiger charge is -2.11. The molecule has 2 nitrogen and oxygen atoms in total. The minimum Gasteiger partial charge on any atom is -0.494 e. The van der Waals surface area contributed by atoms with E-state index < -0.39 is 0 Å². The van der Waals surface area contributed by atoms with E-state index in [2.05, 4.69) is 29.6 Å². The molecule has 1 aromatic carbocycles. The first-order chi connectivity index (χ1) is 6.90. The van der Waals surface area contributed by atoms with Gasteiger partial charge in [0, 0.05) is 6.04 Å². The second-order valence-corrected chi connectivity index (χ2v) is 3.65. The molecular weight excluding hydrogens is 174 g/mol. The van der Waals surface area contributed by atoms with Gasteiger partial charge in [-0.25, -0.2) is 0 Å². The minimum atomic E-state index is 0.561. The number of hydrogen-bond donors (Lipinski definition) is 1. The predicted molar refractivity (Wildman–Crippen MR) is 57.6 cm³/mol. The van der Waals surface area contributed by atoms with Crippen LogP contribution in [0.25, 0.3) is 0 Å². The molecule has 0 bridgehead atoms. The van der Waals surface area contributed by atoms with Crippen LogP contribution in [0.1, 0.15) is 31.4 Å². The van der Waals surface area contributed by atoms with Gasteiger partial charge in [0.2, 0.25) is 0 Å². The van der Waals surface area contributed by atoms with Gasteiger partial charge in [0.1, 0.15) is 5.75 Å². The molecule has 14 heavy (non-hydrogen) atoms. The van der Waals surface area contributed by atoms with Gasteiger partial charge >= 0.3 is 0 Å². The summed E-state index contributed by atoms with van der Waals surface area (Å²) in [5.41, 5.74) is 1.38. The van der Waals surface area contributed by atoms with Gasteiger partial charge in [-0.05, 0) is 44.0 Å². The highest BCUT2D eigenvalue weighted by molar-refractivity contribution is 5.29. The van der Waals surface area contributed by atoms with Crippen molar-refractivity contribution in [1.29, 1.82) is 0 Å². The molecule has 0 aliphatic carbocycles. The largest absolute Gasteiger partial charge is 0.494 e. The second-order valence-electron chi connectivity index (χ2n) is 3.65. The lowest BCUT2D eigenvalue weighted by molar-refractivity contribution is 0.340. The average molecular weight is 191 g/mol. The molecule has 1 aliphatic rings. The molecule has 0 aromatic heterocycles. The molecule has 0 radical (unpaired) electrons. The summed E-state index contributed by atoms with van der Waals surface area (Å²) in [5.74, 6) is 0.967. The number of rotatable bonds is 3. The van der Waals surface area contributed by atoms with Crippen LogP contribution >= 0.6 is 0 Å². The Kier molecular flexibility index (Phi) is 3.04. The van der Waals surface area contributed by atoms with Gasteiger partial charge < -0.3 is 10.1 Å². The van der Waals surface area contributed by atoms with Crippen LogP contribution in [0.3, 0.4) is 0 Å². The second kappa shape index (κ2) is 4.47. The summed E-state index contributed by atoms with van der Waals surface area (Å²) in [4.78, 5) is 0. The van der Waals surface area contributed by atoms with Crippen molar-refractivity contribution in [3.05, 3.63) is 29.8 Å². The van der Waals surface area contributed by atoms with Crippen molar-refractivity contribution in [2.24, 2.45) is 0 Å². The van der Waals surface area contributed by atoms with E-state index in [1.54, 1.807) is 0 Å². The summed E-state index contributed by atoms with van der Waals surface area (Å²) in [5, 5.41) is 3.48. The zero-order valence-corrected chi connectivity index (χ0v) is 8.62. The molecule has 1 N–H and O–H groups in total. The molecule has 76 valence electrons. The maximum Gasteiger partial charge on any atom is 0.119 e. The van der Waals surface area contributed by atoms with Crippen LogP contribution in [0.15, 0.2) is 24.3 Å². The van der Waals surface area contributed by atoms with Crippen LogP contribution in [0.4, 0.5) is 0 Å². The molecule has 0 amide bonds. The molecule has 1 aromatic rings. The third kappa shape index (κ3) is 2.07. The van der Waals surface area contributed by atoms with Gasteiger partial charge in [0.05, 0.1) is 6.61 Å². The molecule has 1 saturated heterocycles. The Labute approximate surface area is 85.3 Å². The normalized spacial score (nSPS) is 21.1. The maximum absolute atomic E-state index is 5.40. The zero-order valence-electron chi connectivity index (χ0n) is 8.62. The first-order valence-electron chi connectivity index (χ1n) is 5.36. The third-order valence-electron chi connectivity index (χ3n) is 2.65. The molecule has 0 spiro atoms. The molecule has 1 heterocycles. The zero-order chi connectivity index (χ0) is 9.80. The van der Waals surface area contributed by atoms with Crippen LogP contribution in [-0.2, 0) is 0 Å². The highest BCUT2D eigenvalue weighted by Gasteiger charge is 2.15. The Bertz CT molecular complexity index is 275. The summed E-state index contributed by atoms with van der Waals surface area (Å²) in [6.07, 6.45) is 2.55. The highest BCUT2D eigenvalue weighted by Crippen LogP contribution is 2.24. The van der Waals surface area contributed by atoms with Crippen LogP contribution in [-0.4, -0.2) is 13.2 Å². The summed E-state index contributed by atoms with van der Waals surface area (Å²) < 4.78 is 5.40. The minimum absolute atomic E-state index is 0.561. The Morgan fingerprint density at radius 2 is 2.14 bits per heavy atom. The molecule has 2 heteroatoms. The van der Waals surface area contributed by atoms with Gasteiger partial charge in [-0.2, -0.15) is 0 Å². The van der Waals surface area contributed by atoms with Gasteiger partial charge in [-0.15, -0.1) is 0 Å². The van der Waals surface area contributed by atoms with Gasteiger partial charge in [-0.1, -0.05) is 12.1 Å². The summed E-state index contributed by atoms with van der Waals surface area (Å²) in [6, 6.07) is 8.99. The van der Waals surface area contributed by atoms with Crippen LogP contribution in [0.2, 0.25) is 0 Å². The number of nitrogens with one attached hydrogen (secondary N) is 1. The Morgan fingerprint density at radius 3 is 2.71 bits per heavy atom. The van der Waals surface area contributed by atoms with Crippen molar-refractivity contribution in [2.75, 3.05) is 13.2 Å². The summed E-state index contributed by atoms with van der Waals surface area (Å²) in [7, 11) is 0. The van der Waals surface area contributed by atoms with Crippen molar-refractivity contribution >= 4 is 0 Å². The van der Waals surface area contributed by atoms with E-state index in [-0.39, 0.29) is 0 Å². The van der Waals surface area contributed by atoms with Crippen molar-refractivity contribution in [1.82, 2.24) is 5.32 Å². The first-order valence-corrected chi connectivity index (χ1v) is 5.36. The third-order valence-corrected chi connectivity index (χ3v) is 2.65. The Balaban J connectivity index is 2.05. The molecule has 1 aliphatic heterocycles. The van der Waals surface area contributed by atoms with E-state index in [4.69, 9.17) is 4.74 Å². The Morgan fingerprint density at radius 1 is 1.36 bits per heavy atom. The average Bonchev–Trinajstić information content (AvgIpc) is 2.72. The highest BCUT2D eigenvalue weighted by atomic mass is 16.5. The standard InChI is InChI=1S/C12H17NO/c1-2-14-11-7-5-10(6-8-11)12-4-3-9-13-12/h5-8,12-13H,2-4,9H2,1H3. The molecule has 0 saturated carbocycles. The Hall–Kier alpha value is -1.02. The van der Waals surface area contributed by atoms with Crippen molar-refractivity contribution in [2.45, 2.75) is 25.8 Å². The van der Waals surface area contributed by atoms with Crippen molar-refractivity contribution < 1.29 is 4.74 Å². The summed E-state index contributed by atoms with van der Waals surface area (Å²) in [6.45, 7) is 3.89. The monoisotopic (exact) mass is 191 g/mol. The smallest absolute Gasteiger partial charge is 0.119 e. The molecule has 1 atom stereocenters. The summed E-state index contributed by atoms with van der Waals surface area (Å²) >= 11 is 0. The molecule has 1 unspecified atom stereocenters. The van der Waals surface area contributed by atoms with Crippen LogP contribution in [0, 0.1) is 0 Å². The van der Waals surface area contributed by atoms with E-state index in [0.717, 1.165) is 18.9 Å². The SMILES string of the molecule is CCOc1ccc(C2CCCN2)cc1. The number of hydrogen-bond acceptors (Lipinski definition) is 2. The van der Waals surface area contributed by atoms with E-state index >= 15 is 0 Å². The number of benzene rings is 1. The fourth-order valence-corrected chi connectivity index (χ4v) is 1.93. The quantitative estimate of drug-likeness (QED) is 0.792. The predicted octanol–water partition coefficient (Wildman–Crippen LogP) is 2.51. The fraction of sp³-hybridized carbons (Fsp3) is 0.500. The number of ether oxygens (including phenoxy) is 1. The molecule has 2 rings (SSSR count). The van der Waals surface area contributed by atoms with E-state index in [1.165, 1.54) is 18.4 Å². The topological polar surface area (TPSA) is 21.3 Å². The van der Waals surface area contributed by atoms with Crippen LogP contribution in [0.5, 0.6) is 5.75 Å². The lowest BCUT2D eigenvalue weighted by atomic mass is 10.1. The first kappa shape index (κ1) is 9.53. The van der Waals surface area contributed by atoms with Crippen molar-refractivity contribution in [3.8, 4) is 5.75 Å².